The number of quaternary nitrogens is 2. The molecule has 8 nitrogen and oxygen atoms in total. The molecule has 158 valence electrons. The molecule has 0 bridgehead atoms. The van der Waals surface area contributed by atoms with E-state index in [1.165, 1.54) is 23.5 Å². The highest BCUT2D eigenvalue weighted by molar-refractivity contribution is 7.99. The van der Waals surface area contributed by atoms with Crippen LogP contribution >= 0.6 is 23.5 Å². The van der Waals surface area contributed by atoms with E-state index in [1.54, 1.807) is 0 Å². The largest absolute Gasteiger partial charge is 0.320 e. The van der Waals surface area contributed by atoms with Gasteiger partial charge in [0.2, 0.25) is 11.8 Å². The molecule has 0 aromatic heterocycles. The minimum Gasteiger partial charge on any atom is -0.290 e. The molecule has 0 saturated carbocycles. The normalized spacial score (nSPS) is 27.7. The summed E-state index contributed by atoms with van der Waals surface area (Å²) in [4.78, 5) is 33.9. The van der Waals surface area contributed by atoms with Crippen molar-refractivity contribution in [3.8, 4) is 0 Å². The van der Waals surface area contributed by atoms with Crippen molar-refractivity contribution in [1.82, 2.24) is 10.6 Å². The van der Waals surface area contributed by atoms with Crippen LogP contribution in [0.1, 0.15) is 52.4 Å². The lowest BCUT2D eigenvalue weighted by atomic mass is 10.1. The van der Waals surface area contributed by atoms with Gasteiger partial charge in [0.1, 0.15) is 13.1 Å². The first kappa shape index (κ1) is 23.2. The van der Waals surface area contributed by atoms with Gasteiger partial charge >= 0.3 is 10.2 Å². The molecule has 0 aromatic rings. The van der Waals surface area contributed by atoms with Crippen molar-refractivity contribution < 1.29 is 20.2 Å². The molecule has 2 aliphatic rings. The quantitative estimate of drug-likeness (QED) is 0.263. The van der Waals surface area contributed by atoms with Gasteiger partial charge in [0.05, 0.1) is 12.8 Å². The van der Waals surface area contributed by atoms with Crippen LogP contribution in [-0.2, 0) is 9.59 Å². The zero-order chi connectivity index (χ0) is 20.6. The number of thioether (sulfide) groups is 2. The highest BCUT2D eigenvalue weighted by atomic mass is 32.2. The van der Waals surface area contributed by atoms with Crippen molar-refractivity contribution in [1.29, 1.82) is 0 Å². The third-order valence-electron chi connectivity index (χ3n) is 4.72. The summed E-state index contributed by atoms with van der Waals surface area (Å²) < 4.78 is 0. The fourth-order valence-electron chi connectivity index (χ4n) is 3.44. The van der Waals surface area contributed by atoms with E-state index in [-0.39, 0.29) is 11.8 Å². The molecule has 10 heteroatoms. The summed E-state index contributed by atoms with van der Waals surface area (Å²) in [7, 11) is 0. The Labute approximate surface area is 175 Å². The Bertz CT molecular complexity index is 588. The van der Waals surface area contributed by atoms with E-state index >= 15 is 0 Å². The van der Waals surface area contributed by atoms with E-state index in [1.807, 2.05) is 12.5 Å². The summed E-state index contributed by atoms with van der Waals surface area (Å²) in [5, 5.41) is 8.81. The van der Waals surface area contributed by atoms with Crippen LogP contribution in [-0.4, -0.2) is 59.1 Å². The standard InChI is InChI=1S/C18H32N6O2S2/c1-5-7-13-11-15(25)23-17(21-13,27-3)19-9-10-20-18(28-4)22-14(8-6-2)12-16(26)24-18/h19-20H,5-12H2,1-4H3,(H,23,25)(H,24,26)/p+2/t17-,18-/m1/s1. The molecular formula is C18H34N6O2S2+2. The van der Waals surface area contributed by atoms with E-state index in [4.69, 9.17) is 9.98 Å². The van der Waals surface area contributed by atoms with Crippen molar-refractivity contribution >= 4 is 46.8 Å². The monoisotopic (exact) mass is 430 g/mol. The van der Waals surface area contributed by atoms with Gasteiger partial charge in [-0.25, -0.2) is 9.98 Å². The number of carbonyl (C=O) groups excluding carboxylic acids is 2. The number of hydrogen-bond acceptors (Lipinski definition) is 6. The summed E-state index contributed by atoms with van der Waals surface area (Å²) in [5.41, 5.74) is 1.93. The van der Waals surface area contributed by atoms with Gasteiger partial charge in [0, 0.05) is 11.4 Å². The Hall–Kier alpha value is -1.10. The van der Waals surface area contributed by atoms with Crippen LogP contribution in [0.4, 0.5) is 0 Å². The van der Waals surface area contributed by atoms with Crippen molar-refractivity contribution in [2.45, 2.75) is 62.6 Å². The van der Waals surface area contributed by atoms with Crippen molar-refractivity contribution in [3.63, 3.8) is 0 Å². The van der Waals surface area contributed by atoms with Crippen LogP contribution in [0.2, 0.25) is 0 Å². The van der Waals surface area contributed by atoms with Gasteiger partial charge in [-0.15, -0.1) is 0 Å². The minimum atomic E-state index is -0.688. The predicted molar refractivity (Wildman–Crippen MR) is 116 cm³/mol. The second-order valence-electron chi connectivity index (χ2n) is 7.09. The second kappa shape index (κ2) is 10.6. The number of nitrogens with two attached hydrogens (primary N) is 2. The summed E-state index contributed by atoms with van der Waals surface area (Å²) in [6.45, 7) is 5.67. The van der Waals surface area contributed by atoms with Gasteiger partial charge in [0.25, 0.3) is 0 Å². The van der Waals surface area contributed by atoms with Crippen LogP contribution in [0.3, 0.4) is 0 Å². The lowest BCUT2D eigenvalue weighted by Crippen LogP contribution is -3.07. The van der Waals surface area contributed by atoms with Gasteiger partial charge in [-0.1, -0.05) is 26.7 Å². The maximum Gasteiger partial charge on any atom is 0.320 e. The molecule has 0 aromatic carbocycles. The van der Waals surface area contributed by atoms with Crippen LogP contribution in [0.25, 0.3) is 0 Å². The summed E-state index contributed by atoms with van der Waals surface area (Å²) >= 11 is 3.07. The van der Waals surface area contributed by atoms with Crippen LogP contribution in [0.5, 0.6) is 0 Å². The molecule has 0 radical (unpaired) electrons. The predicted octanol–water partition coefficient (Wildman–Crippen LogP) is -0.416. The summed E-state index contributed by atoms with van der Waals surface area (Å²) in [5.74, 6) is 0.0592. The first-order chi connectivity index (χ1) is 13.4. The maximum absolute atomic E-state index is 12.1. The zero-order valence-electron chi connectivity index (χ0n) is 17.3. The number of carbonyl (C=O) groups is 2. The minimum absolute atomic E-state index is 0.0296. The molecule has 28 heavy (non-hydrogen) atoms. The van der Waals surface area contributed by atoms with E-state index in [2.05, 4.69) is 35.1 Å². The molecule has 2 rings (SSSR count). The van der Waals surface area contributed by atoms with Gasteiger partial charge in [0.15, 0.2) is 0 Å². The number of nitrogens with zero attached hydrogens (tertiary/aromatic N) is 2. The van der Waals surface area contributed by atoms with E-state index in [9.17, 15) is 9.59 Å². The molecule has 0 spiro atoms. The second-order valence-corrected chi connectivity index (χ2v) is 9.15. The molecule has 0 aliphatic carbocycles. The lowest BCUT2D eigenvalue weighted by molar-refractivity contribution is -0.768. The number of hydrogen-bond donors (Lipinski definition) is 4. The molecule has 2 atom stereocenters. The van der Waals surface area contributed by atoms with E-state index < -0.39 is 10.2 Å². The van der Waals surface area contributed by atoms with Crippen LogP contribution in [0, 0.1) is 0 Å². The SMILES string of the molecule is CCCC1=N[C@@]([NH2+]CC[NH2+][C@@]2(SC)N=C(CCC)CC(=O)N2)(SC)NC(=O)C1. The Kier molecular flexibility index (Phi) is 8.79. The Morgan fingerprint density at radius 2 is 1.25 bits per heavy atom. The topological polar surface area (TPSA) is 116 Å². The Morgan fingerprint density at radius 3 is 1.57 bits per heavy atom. The highest BCUT2D eigenvalue weighted by Gasteiger charge is 2.41. The first-order valence-corrected chi connectivity index (χ1v) is 12.4. The smallest absolute Gasteiger partial charge is 0.290 e. The van der Waals surface area contributed by atoms with Crippen molar-refractivity contribution in [2.75, 3.05) is 25.6 Å². The van der Waals surface area contributed by atoms with E-state index in [0.29, 0.717) is 12.8 Å². The molecule has 2 amide bonds. The molecular weight excluding hydrogens is 396 g/mol. The van der Waals surface area contributed by atoms with E-state index in [0.717, 1.165) is 50.2 Å². The average Bonchev–Trinajstić information content (AvgIpc) is 2.65. The van der Waals surface area contributed by atoms with Crippen LogP contribution in [0.15, 0.2) is 9.98 Å². The Morgan fingerprint density at radius 1 is 0.857 bits per heavy atom. The molecule has 2 aliphatic heterocycles. The fourth-order valence-corrected chi connectivity index (χ4v) is 4.88. The van der Waals surface area contributed by atoms with Gasteiger partial charge in [-0.3, -0.25) is 30.9 Å². The summed E-state index contributed by atoms with van der Waals surface area (Å²) in [6.07, 6.45) is 8.39. The summed E-state index contributed by atoms with van der Waals surface area (Å²) in [6, 6.07) is 0. The van der Waals surface area contributed by atoms with Crippen molar-refractivity contribution in [3.05, 3.63) is 0 Å². The zero-order valence-corrected chi connectivity index (χ0v) is 19.0. The Balaban J connectivity index is 1.99. The van der Waals surface area contributed by atoms with Crippen LogP contribution < -0.4 is 21.3 Å². The third kappa shape index (κ3) is 6.20. The molecule has 2 heterocycles. The molecule has 0 saturated heterocycles. The number of nitrogens with one attached hydrogen (secondary N) is 2. The average molecular weight is 431 g/mol. The lowest BCUT2D eigenvalue weighted by Gasteiger charge is -2.32. The molecule has 0 fully saturated rings. The van der Waals surface area contributed by atoms with Crippen molar-refractivity contribution in [2.24, 2.45) is 9.98 Å². The number of amides is 2. The number of rotatable bonds is 11. The maximum atomic E-state index is 12.1. The molecule has 0 unspecified atom stereocenters. The first-order valence-electron chi connectivity index (χ1n) is 9.96. The van der Waals surface area contributed by atoms with Gasteiger partial charge in [-0.2, -0.15) is 0 Å². The fraction of sp³-hybridized carbons (Fsp3) is 0.778. The highest BCUT2D eigenvalue weighted by Crippen LogP contribution is 2.20. The molecule has 6 N–H and O–H groups in total. The number of aliphatic imine (C=N–C) groups is 2. The van der Waals surface area contributed by atoms with Gasteiger partial charge < -0.3 is 0 Å². The van der Waals surface area contributed by atoms with Gasteiger partial charge in [-0.05, 0) is 48.9 Å². The third-order valence-corrected chi connectivity index (χ3v) is 6.69.